The lowest BCUT2D eigenvalue weighted by Crippen LogP contribution is -2.36. The van der Waals surface area contributed by atoms with Crippen molar-refractivity contribution in [3.8, 4) is 17.2 Å². The quantitative estimate of drug-likeness (QED) is 0.399. The van der Waals surface area contributed by atoms with Crippen LogP contribution in [0.2, 0.25) is 5.02 Å². The minimum atomic E-state index is -0.198. The van der Waals surface area contributed by atoms with E-state index in [1.165, 1.54) is 0 Å². The van der Waals surface area contributed by atoms with E-state index >= 15 is 0 Å². The van der Waals surface area contributed by atoms with Gasteiger partial charge in [-0.3, -0.25) is 9.36 Å². The Balaban J connectivity index is 1.55. The fourth-order valence-electron chi connectivity index (χ4n) is 4.36. The molecule has 1 fully saturated rings. The van der Waals surface area contributed by atoms with E-state index in [0.29, 0.717) is 23.9 Å². The van der Waals surface area contributed by atoms with Crippen molar-refractivity contribution in [1.82, 2.24) is 19.4 Å². The summed E-state index contributed by atoms with van der Waals surface area (Å²) in [5.74, 6) is 0. The summed E-state index contributed by atoms with van der Waals surface area (Å²) in [7, 11) is 1.79. The third-order valence-electron chi connectivity index (χ3n) is 6.17. The summed E-state index contributed by atoms with van der Waals surface area (Å²) in [4.78, 5) is 25.2. The van der Waals surface area contributed by atoms with Gasteiger partial charge >= 0.3 is 0 Å². The van der Waals surface area contributed by atoms with Gasteiger partial charge < -0.3 is 19.5 Å². The molecule has 1 N–H and O–H groups in total. The number of fused-ring (bicyclic) bond motifs is 1. The van der Waals surface area contributed by atoms with Gasteiger partial charge in [-0.05, 0) is 29.8 Å². The fraction of sp³-hybridized carbons (Fsp3) is 0.222. The third-order valence-corrected chi connectivity index (χ3v) is 6.40. The van der Waals surface area contributed by atoms with Crippen molar-refractivity contribution in [2.45, 2.75) is 0 Å². The number of pyridine rings is 2. The summed E-state index contributed by atoms with van der Waals surface area (Å²) in [6.07, 6.45) is 7.28. The van der Waals surface area contributed by atoms with Crippen molar-refractivity contribution in [3.05, 3.63) is 88.2 Å². The van der Waals surface area contributed by atoms with Gasteiger partial charge in [0.15, 0.2) is 0 Å². The Bertz CT molecular complexity index is 1530. The number of nitrogens with zero attached hydrogens (tertiary/aromatic N) is 5. The first kappa shape index (κ1) is 23.7. The fourth-order valence-corrected chi connectivity index (χ4v) is 4.55. The molecule has 4 heterocycles. The molecule has 9 heteroatoms. The first-order valence-corrected chi connectivity index (χ1v) is 12.0. The molecule has 1 saturated heterocycles. The van der Waals surface area contributed by atoms with Gasteiger partial charge in [0.1, 0.15) is 12.2 Å². The lowest BCUT2D eigenvalue weighted by atomic mass is 10.1. The van der Waals surface area contributed by atoms with E-state index in [2.05, 4.69) is 27.0 Å². The highest BCUT2D eigenvalue weighted by atomic mass is 35.5. The zero-order chi connectivity index (χ0) is 25.1. The summed E-state index contributed by atoms with van der Waals surface area (Å²) >= 11 is 6.23. The monoisotopic (exact) mass is 500 g/mol. The second-order valence-electron chi connectivity index (χ2n) is 8.61. The Hall–Kier alpha value is -4.06. The van der Waals surface area contributed by atoms with Crippen LogP contribution in [-0.2, 0) is 4.74 Å². The van der Waals surface area contributed by atoms with Crippen molar-refractivity contribution >= 4 is 34.0 Å². The van der Waals surface area contributed by atoms with Crippen LogP contribution in [0.15, 0.2) is 72.0 Å². The topological polar surface area (TPSA) is 90.2 Å². The van der Waals surface area contributed by atoms with Crippen molar-refractivity contribution in [1.29, 1.82) is 5.26 Å². The van der Waals surface area contributed by atoms with Crippen molar-refractivity contribution in [3.63, 3.8) is 0 Å². The Morgan fingerprint density at radius 2 is 2.11 bits per heavy atom. The molecular formula is C27H25ClN6O2. The van der Waals surface area contributed by atoms with E-state index in [4.69, 9.17) is 21.6 Å². The first-order valence-electron chi connectivity index (χ1n) is 11.6. The molecule has 36 heavy (non-hydrogen) atoms. The summed E-state index contributed by atoms with van der Waals surface area (Å²) in [6.45, 7) is 3.22. The van der Waals surface area contributed by atoms with Crippen LogP contribution in [-0.4, -0.2) is 59.3 Å². The second kappa shape index (κ2) is 10.3. The first-order chi connectivity index (χ1) is 17.5. The number of nitrogens with one attached hydrogen (secondary N) is 1. The van der Waals surface area contributed by atoms with Gasteiger partial charge in [0.05, 0.1) is 36.9 Å². The zero-order valence-corrected chi connectivity index (χ0v) is 20.6. The van der Waals surface area contributed by atoms with Gasteiger partial charge in [-0.15, -0.1) is 0 Å². The number of halogens is 1. The summed E-state index contributed by atoms with van der Waals surface area (Å²) in [6, 6.07) is 15.1. The van der Waals surface area contributed by atoms with E-state index < -0.39 is 0 Å². The van der Waals surface area contributed by atoms with Crippen LogP contribution in [0.3, 0.4) is 0 Å². The number of morpholine rings is 1. The van der Waals surface area contributed by atoms with E-state index in [-0.39, 0.29) is 12.1 Å². The number of nitriles is 1. The minimum Gasteiger partial charge on any atom is -0.378 e. The van der Waals surface area contributed by atoms with Gasteiger partial charge in [0, 0.05) is 66.3 Å². The molecule has 1 aliphatic heterocycles. The molecule has 0 spiro atoms. The molecular weight excluding hydrogens is 476 g/mol. The largest absolute Gasteiger partial charge is 0.378 e. The van der Waals surface area contributed by atoms with Crippen molar-refractivity contribution in [2.24, 2.45) is 0 Å². The number of hydrogen-bond acceptors (Lipinski definition) is 6. The highest BCUT2D eigenvalue weighted by Gasteiger charge is 2.16. The standard InChI is InChI=1S/C27H25ClN6O2/c1-32(8-6-29)18-25(20-3-2-4-21(28)13-20)34-7-5-19(14-26(34)35)24-17-31-27-23(24)15-22(16-30-27)33-9-11-36-12-10-33/h2-5,7,13-18H,8-12H2,1H3,(H,30,31)/b25-18+. The molecule has 1 aromatic carbocycles. The molecule has 0 radical (unpaired) electrons. The molecule has 0 bridgehead atoms. The highest BCUT2D eigenvalue weighted by molar-refractivity contribution is 6.30. The van der Waals surface area contributed by atoms with E-state index in [1.807, 2.05) is 30.6 Å². The molecule has 8 nitrogen and oxygen atoms in total. The number of H-pyrrole nitrogens is 1. The Morgan fingerprint density at radius 1 is 1.28 bits per heavy atom. The maximum absolute atomic E-state index is 13.4. The lowest BCUT2D eigenvalue weighted by molar-refractivity contribution is 0.122. The number of anilines is 1. The van der Waals surface area contributed by atoms with Crippen molar-refractivity contribution < 1.29 is 4.74 Å². The minimum absolute atomic E-state index is 0.185. The second-order valence-corrected chi connectivity index (χ2v) is 9.05. The van der Waals surface area contributed by atoms with Gasteiger partial charge in [0.25, 0.3) is 5.56 Å². The van der Waals surface area contributed by atoms with E-state index in [0.717, 1.165) is 46.5 Å². The average Bonchev–Trinajstić information content (AvgIpc) is 3.31. The molecule has 5 rings (SSSR count). The molecule has 182 valence electrons. The van der Waals surface area contributed by atoms with Crippen LogP contribution >= 0.6 is 11.6 Å². The normalized spacial score (nSPS) is 14.1. The number of ether oxygens (including phenoxy) is 1. The molecule has 0 atom stereocenters. The van der Waals surface area contributed by atoms with Gasteiger partial charge in [-0.2, -0.15) is 5.26 Å². The summed E-state index contributed by atoms with van der Waals surface area (Å²) < 4.78 is 7.04. The average molecular weight is 501 g/mol. The van der Waals surface area contributed by atoms with Crippen LogP contribution in [0.25, 0.3) is 27.9 Å². The van der Waals surface area contributed by atoms with Gasteiger partial charge in [-0.25, -0.2) is 4.98 Å². The molecule has 1 aliphatic rings. The maximum atomic E-state index is 13.4. The smallest absolute Gasteiger partial charge is 0.255 e. The van der Waals surface area contributed by atoms with Crippen LogP contribution in [0, 0.1) is 11.3 Å². The predicted octanol–water partition coefficient (Wildman–Crippen LogP) is 4.18. The molecule has 4 aromatic rings. The third kappa shape index (κ3) is 4.85. The van der Waals surface area contributed by atoms with Crippen LogP contribution in [0.5, 0.6) is 0 Å². The Kier molecular flexibility index (Phi) is 6.76. The lowest BCUT2D eigenvalue weighted by Gasteiger charge is -2.28. The number of hydrogen-bond donors (Lipinski definition) is 1. The van der Waals surface area contributed by atoms with Crippen LogP contribution in [0.1, 0.15) is 5.56 Å². The molecule has 0 aliphatic carbocycles. The predicted molar refractivity (Wildman–Crippen MR) is 142 cm³/mol. The van der Waals surface area contributed by atoms with Crippen LogP contribution < -0.4 is 10.5 Å². The maximum Gasteiger partial charge on any atom is 0.255 e. The Morgan fingerprint density at radius 3 is 2.86 bits per heavy atom. The SMILES string of the molecule is CN(/C=C(\c1cccc(Cl)c1)n1ccc(-c2c[nH]c3ncc(N4CCOCC4)cc23)cc1=O)CC#N. The molecule has 3 aromatic heterocycles. The van der Waals surface area contributed by atoms with E-state index in [9.17, 15) is 4.79 Å². The number of aromatic amines is 1. The zero-order valence-electron chi connectivity index (χ0n) is 19.8. The molecule has 0 amide bonds. The van der Waals surface area contributed by atoms with Gasteiger partial charge in [-0.1, -0.05) is 23.7 Å². The summed E-state index contributed by atoms with van der Waals surface area (Å²) in [5.41, 5.74) is 4.70. The number of rotatable bonds is 6. The number of benzene rings is 1. The molecule has 0 saturated carbocycles. The highest BCUT2D eigenvalue weighted by Crippen LogP contribution is 2.30. The van der Waals surface area contributed by atoms with Gasteiger partial charge in [0.2, 0.25) is 0 Å². The number of aromatic nitrogens is 3. The Labute approximate surface area is 213 Å². The van der Waals surface area contributed by atoms with Crippen molar-refractivity contribution in [2.75, 3.05) is 44.8 Å². The summed E-state index contributed by atoms with van der Waals surface area (Å²) in [5, 5.41) is 10.6. The van der Waals surface area contributed by atoms with E-state index in [1.54, 1.807) is 47.1 Å². The molecule has 0 unspecified atom stereocenters. The van der Waals surface area contributed by atoms with Crippen LogP contribution in [0.4, 0.5) is 5.69 Å².